The largest absolute Gasteiger partial charge is 0.373 e. The first-order chi connectivity index (χ1) is 15.1. The number of nitrogens with zero attached hydrogens (tertiary/aromatic N) is 3. The number of ether oxygens (including phenoxy) is 1. The molecule has 2 atom stereocenters. The number of fused-ring (bicyclic) bond motifs is 3. The first-order valence-corrected chi connectivity index (χ1v) is 11.8. The Morgan fingerprint density at radius 3 is 2.71 bits per heavy atom. The van der Waals surface area contributed by atoms with E-state index in [4.69, 9.17) is 9.72 Å². The van der Waals surface area contributed by atoms with Crippen LogP contribution in [0.5, 0.6) is 0 Å². The van der Waals surface area contributed by atoms with Crippen LogP contribution in [0.25, 0.3) is 0 Å². The molecule has 0 amide bonds. The predicted octanol–water partition coefficient (Wildman–Crippen LogP) is 3.78. The van der Waals surface area contributed by atoms with Crippen molar-refractivity contribution in [2.24, 2.45) is 0 Å². The van der Waals surface area contributed by atoms with Crippen LogP contribution in [0.2, 0.25) is 0 Å². The van der Waals surface area contributed by atoms with Crippen LogP contribution < -0.4 is 5.56 Å². The molecule has 5 nitrogen and oxygen atoms in total. The van der Waals surface area contributed by atoms with Gasteiger partial charge in [0.05, 0.1) is 12.7 Å². The molecule has 0 radical (unpaired) electrons. The van der Waals surface area contributed by atoms with Crippen molar-refractivity contribution < 1.29 is 9.13 Å². The zero-order chi connectivity index (χ0) is 21.4. The van der Waals surface area contributed by atoms with Gasteiger partial charge >= 0.3 is 0 Å². The van der Waals surface area contributed by atoms with Crippen LogP contribution in [-0.4, -0.2) is 39.2 Å². The zero-order valence-electron chi connectivity index (χ0n) is 18.4. The molecular weight excluding hydrogens is 393 g/mol. The minimum Gasteiger partial charge on any atom is -0.373 e. The standard InChI is InChI=1S/C25H32FN3O2/c1-17-22(25(30)29-12-5-4-8-24(29)27-17)11-13-28-19-9-10-20(28)15-21(14-19)31-16-18-6-2-3-7-23(18)26/h2-3,6-7,19-21H,4-5,8-16H2,1H3. The van der Waals surface area contributed by atoms with Crippen molar-refractivity contribution in [1.82, 2.24) is 14.5 Å². The lowest BCUT2D eigenvalue weighted by molar-refractivity contribution is -0.0286. The first kappa shape index (κ1) is 20.8. The van der Waals surface area contributed by atoms with Gasteiger partial charge in [-0.05, 0) is 57.9 Å². The topological polar surface area (TPSA) is 47.4 Å². The number of benzene rings is 1. The van der Waals surface area contributed by atoms with Crippen molar-refractivity contribution in [2.45, 2.75) is 89.6 Å². The fourth-order valence-corrected chi connectivity index (χ4v) is 5.81. The summed E-state index contributed by atoms with van der Waals surface area (Å²) in [6.45, 7) is 4.05. The van der Waals surface area contributed by atoms with Crippen LogP contribution in [0, 0.1) is 12.7 Å². The van der Waals surface area contributed by atoms with E-state index in [1.807, 2.05) is 17.6 Å². The number of halogens is 1. The second-order valence-corrected chi connectivity index (χ2v) is 9.37. The number of aromatic nitrogens is 2. The van der Waals surface area contributed by atoms with E-state index >= 15 is 0 Å². The highest BCUT2D eigenvalue weighted by atomic mass is 19.1. The Morgan fingerprint density at radius 1 is 1.16 bits per heavy atom. The van der Waals surface area contributed by atoms with Gasteiger partial charge in [0.2, 0.25) is 0 Å². The number of piperidine rings is 1. The molecule has 2 aromatic rings. The highest BCUT2D eigenvalue weighted by molar-refractivity contribution is 5.19. The molecule has 31 heavy (non-hydrogen) atoms. The van der Waals surface area contributed by atoms with E-state index < -0.39 is 0 Å². The SMILES string of the molecule is Cc1nc2n(c(=O)c1CCN1C3CCC1CC(OCc1ccccc1F)C3)CCCC2. The maximum Gasteiger partial charge on any atom is 0.256 e. The average Bonchev–Trinajstić information content (AvgIpc) is 3.00. The molecule has 2 bridgehead atoms. The predicted molar refractivity (Wildman–Crippen MR) is 118 cm³/mol. The Hall–Kier alpha value is -2.05. The molecule has 1 aromatic carbocycles. The molecule has 2 saturated heterocycles. The second-order valence-electron chi connectivity index (χ2n) is 9.37. The summed E-state index contributed by atoms with van der Waals surface area (Å²) in [5, 5.41) is 0. The van der Waals surface area contributed by atoms with Gasteiger partial charge in [0.15, 0.2) is 0 Å². The maximum absolute atomic E-state index is 13.9. The van der Waals surface area contributed by atoms with Crippen LogP contribution in [-0.2, 0) is 30.7 Å². The fraction of sp³-hybridized carbons (Fsp3) is 0.600. The molecule has 0 spiro atoms. The first-order valence-electron chi connectivity index (χ1n) is 11.8. The minimum atomic E-state index is -0.191. The monoisotopic (exact) mass is 425 g/mol. The van der Waals surface area contributed by atoms with Crippen molar-refractivity contribution in [1.29, 1.82) is 0 Å². The molecule has 166 valence electrons. The Kier molecular flexibility index (Phi) is 5.93. The highest BCUT2D eigenvalue weighted by Gasteiger charge is 2.40. The van der Waals surface area contributed by atoms with E-state index in [9.17, 15) is 9.18 Å². The number of rotatable bonds is 6. The van der Waals surface area contributed by atoms with Gasteiger partial charge in [0.25, 0.3) is 5.56 Å². The van der Waals surface area contributed by atoms with E-state index in [0.717, 1.165) is 68.7 Å². The summed E-state index contributed by atoms with van der Waals surface area (Å²) in [5.74, 6) is 0.772. The normalized spacial score (nSPS) is 25.5. The molecule has 2 unspecified atom stereocenters. The van der Waals surface area contributed by atoms with Gasteiger partial charge in [-0.25, -0.2) is 9.37 Å². The fourth-order valence-electron chi connectivity index (χ4n) is 5.81. The third-order valence-corrected chi connectivity index (χ3v) is 7.47. The molecule has 3 aliphatic rings. The molecular formula is C25H32FN3O2. The van der Waals surface area contributed by atoms with Gasteiger partial charge in [-0.2, -0.15) is 0 Å². The number of hydrogen-bond acceptors (Lipinski definition) is 4. The lowest BCUT2D eigenvalue weighted by atomic mass is 9.98. The van der Waals surface area contributed by atoms with E-state index in [1.165, 1.54) is 18.9 Å². The van der Waals surface area contributed by atoms with Gasteiger partial charge in [-0.1, -0.05) is 18.2 Å². The van der Waals surface area contributed by atoms with Crippen molar-refractivity contribution >= 4 is 0 Å². The molecule has 6 heteroatoms. The van der Waals surface area contributed by atoms with Crippen molar-refractivity contribution in [3.63, 3.8) is 0 Å². The average molecular weight is 426 g/mol. The molecule has 1 aromatic heterocycles. The minimum absolute atomic E-state index is 0.178. The lowest BCUT2D eigenvalue weighted by Gasteiger charge is -2.39. The quantitative estimate of drug-likeness (QED) is 0.707. The van der Waals surface area contributed by atoms with Crippen LogP contribution in [0.3, 0.4) is 0 Å². The van der Waals surface area contributed by atoms with E-state index in [-0.39, 0.29) is 17.5 Å². The summed E-state index contributed by atoms with van der Waals surface area (Å²) in [7, 11) is 0. The second kappa shape index (κ2) is 8.83. The van der Waals surface area contributed by atoms with Crippen LogP contribution in [0.15, 0.2) is 29.1 Å². The summed E-state index contributed by atoms with van der Waals surface area (Å²) in [6, 6.07) is 7.85. The Morgan fingerprint density at radius 2 is 1.94 bits per heavy atom. The maximum atomic E-state index is 13.9. The van der Waals surface area contributed by atoms with Crippen molar-refractivity contribution in [3.8, 4) is 0 Å². The van der Waals surface area contributed by atoms with E-state index in [2.05, 4.69) is 4.90 Å². The number of aryl methyl sites for hydroxylation is 2. The van der Waals surface area contributed by atoms with Gasteiger partial charge < -0.3 is 4.74 Å². The van der Waals surface area contributed by atoms with Gasteiger partial charge in [0.1, 0.15) is 11.6 Å². The third kappa shape index (κ3) is 4.20. The van der Waals surface area contributed by atoms with Crippen LogP contribution in [0.4, 0.5) is 4.39 Å². The molecule has 3 aliphatic heterocycles. The Labute approximate surface area is 183 Å². The van der Waals surface area contributed by atoms with Crippen LogP contribution in [0.1, 0.15) is 61.2 Å². The van der Waals surface area contributed by atoms with Crippen LogP contribution >= 0.6 is 0 Å². The van der Waals surface area contributed by atoms with Gasteiger partial charge in [0, 0.05) is 48.4 Å². The Balaban J connectivity index is 1.21. The summed E-state index contributed by atoms with van der Waals surface area (Å²) >= 11 is 0. The summed E-state index contributed by atoms with van der Waals surface area (Å²) < 4.78 is 21.9. The molecule has 4 heterocycles. The van der Waals surface area contributed by atoms with E-state index in [0.29, 0.717) is 24.3 Å². The molecule has 0 saturated carbocycles. The smallest absolute Gasteiger partial charge is 0.256 e. The van der Waals surface area contributed by atoms with E-state index in [1.54, 1.807) is 12.1 Å². The third-order valence-electron chi connectivity index (χ3n) is 7.47. The summed E-state index contributed by atoms with van der Waals surface area (Å²) in [4.78, 5) is 20.4. The molecule has 0 N–H and O–H groups in total. The van der Waals surface area contributed by atoms with Crippen molar-refractivity contribution in [3.05, 3.63) is 63.1 Å². The molecule has 5 rings (SSSR count). The summed E-state index contributed by atoms with van der Waals surface area (Å²) in [6.07, 6.45) is 8.43. The highest BCUT2D eigenvalue weighted by Crippen LogP contribution is 2.37. The number of hydrogen-bond donors (Lipinski definition) is 0. The molecule has 0 aliphatic carbocycles. The lowest BCUT2D eigenvalue weighted by Crippen LogP contribution is -2.46. The van der Waals surface area contributed by atoms with Gasteiger partial charge in [-0.3, -0.25) is 14.3 Å². The Bertz CT molecular complexity index is 991. The van der Waals surface area contributed by atoms with Crippen molar-refractivity contribution in [2.75, 3.05) is 6.54 Å². The summed E-state index contributed by atoms with van der Waals surface area (Å²) in [5.41, 5.74) is 2.61. The molecule has 2 fully saturated rings. The van der Waals surface area contributed by atoms with Gasteiger partial charge in [-0.15, -0.1) is 0 Å². The zero-order valence-corrected chi connectivity index (χ0v) is 18.4.